The van der Waals surface area contributed by atoms with E-state index in [0.29, 0.717) is 17.7 Å². The van der Waals surface area contributed by atoms with Gasteiger partial charge in [0.25, 0.3) is 0 Å². The molecule has 2 aliphatic rings. The van der Waals surface area contributed by atoms with Crippen molar-refractivity contribution in [2.45, 2.75) is 65.0 Å². The molecule has 0 spiro atoms. The van der Waals surface area contributed by atoms with E-state index >= 15 is 0 Å². The maximum Gasteiger partial charge on any atom is 0.137 e. The highest BCUT2D eigenvalue weighted by molar-refractivity contribution is 5.82. The summed E-state index contributed by atoms with van der Waals surface area (Å²) in [4.78, 5) is 14.9. The highest BCUT2D eigenvalue weighted by Gasteiger charge is 2.36. The molecule has 3 rings (SSSR count). The molecule has 1 saturated heterocycles. The summed E-state index contributed by atoms with van der Waals surface area (Å²) in [6.45, 7) is 6.59. The normalized spacial score (nSPS) is 27.2. The molecule has 1 aromatic rings. The zero-order valence-corrected chi connectivity index (χ0v) is 13.4. The summed E-state index contributed by atoms with van der Waals surface area (Å²) in [6.07, 6.45) is 6.74. The lowest BCUT2D eigenvalue weighted by molar-refractivity contribution is -0.126. The average molecular weight is 285 g/mol. The number of carbonyl (C=O) groups excluding carboxylic acids is 1. The molecule has 21 heavy (non-hydrogen) atoms. The Balaban J connectivity index is 1.76. The van der Waals surface area contributed by atoms with Gasteiger partial charge in [-0.3, -0.25) is 9.69 Å². The summed E-state index contributed by atoms with van der Waals surface area (Å²) in [5.74, 6) is 0.838. The Labute approximate surface area is 128 Å². The molecule has 1 saturated carbocycles. The number of hydrogen-bond donors (Lipinski definition) is 0. The maximum atomic E-state index is 12.3. The highest BCUT2D eigenvalue weighted by Crippen LogP contribution is 2.33. The minimum Gasteiger partial charge on any atom is -0.299 e. The van der Waals surface area contributed by atoms with E-state index in [2.05, 4.69) is 36.9 Å². The summed E-state index contributed by atoms with van der Waals surface area (Å²) >= 11 is 0. The fraction of sp³-hybridized carbons (Fsp3) is 0.632. The number of likely N-dealkylation sites (tertiary alicyclic amines) is 1. The third-order valence-corrected chi connectivity index (χ3v) is 5.49. The van der Waals surface area contributed by atoms with Crippen LogP contribution in [0, 0.1) is 19.8 Å². The molecular weight excluding hydrogens is 258 g/mol. The number of ketones is 1. The zero-order chi connectivity index (χ0) is 14.8. The molecule has 2 fully saturated rings. The molecule has 0 radical (unpaired) electrons. The van der Waals surface area contributed by atoms with Gasteiger partial charge in [-0.2, -0.15) is 0 Å². The van der Waals surface area contributed by atoms with Gasteiger partial charge in [0.1, 0.15) is 5.78 Å². The van der Waals surface area contributed by atoms with E-state index < -0.39 is 0 Å². The van der Waals surface area contributed by atoms with Crippen molar-refractivity contribution in [1.29, 1.82) is 0 Å². The first-order valence-corrected chi connectivity index (χ1v) is 8.48. The van der Waals surface area contributed by atoms with E-state index in [9.17, 15) is 4.79 Å². The highest BCUT2D eigenvalue weighted by atomic mass is 16.1. The minimum atomic E-state index is 0.311. The monoisotopic (exact) mass is 285 g/mol. The van der Waals surface area contributed by atoms with Gasteiger partial charge >= 0.3 is 0 Å². The lowest BCUT2D eigenvalue weighted by atomic mass is 9.81. The number of nitrogens with zero attached hydrogens (tertiary/aromatic N) is 1. The summed E-state index contributed by atoms with van der Waals surface area (Å²) in [7, 11) is 0. The number of hydrogen-bond acceptors (Lipinski definition) is 2. The van der Waals surface area contributed by atoms with Crippen LogP contribution in [0.5, 0.6) is 0 Å². The fourth-order valence-electron chi connectivity index (χ4n) is 4.22. The molecule has 0 bridgehead atoms. The lowest BCUT2D eigenvalue weighted by Gasteiger charge is -2.33. The van der Waals surface area contributed by atoms with Gasteiger partial charge in [-0.1, -0.05) is 24.6 Å². The van der Waals surface area contributed by atoms with Crippen molar-refractivity contribution in [2.24, 2.45) is 5.92 Å². The summed E-state index contributed by atoms with van der Waals surface area (Å²) in [5.41, 5.74) is 4.24. The molecule has 1 heterocycles. The molecule has 2 unspecified atom stereocenters. The van der Waals surface area contributed by atoms with Crippen molar-refractivity contribution in [3.05, 3.63) is 34.9 Å². The molecule has 0 aromatic heterocycles. The second-order valence-corrected chi connectivity index (χ2v) is 6.87. The van der Waals surface area contributed by atoms with Crippen LogP contribution < -0.4 is 0 Å². The Hall–Kier alpha value is -1.15. The average Bonchev–Trinajstić information content (AvgIpc) is 2.92. The van der Waals surface area contributed by atoms with E-state index in [1.54, 1.807) is 0 Å². The van der Waals surface area contributed by atoms with E-state index in [0.717, 1.165) is 32.4 Å². The van der Waals surface area contributed by atoms with Gasteiger partial charge in [-0.15, -0.1) is 0 Å². The van der Waals surface area contributed by atoms with Crippen LogP contribution in [0.2, 0.25) is 0 Å². The van der Waals surface area contributed by atoms with Crippen molar-refractivity contribution in [3.63, 3.8) is 0 Å². The van der Waals surface area contributed by atoms with Crippen LogP contribution in [-0.2, 0) is 11.3 Å². The quantitative estimate of drug-likeness (QED) is 0.836. The van der Waals surface area contributed by atoms with Gasteiger partial charge in [0, 0.05) is 24.9 Å². The summed E-state index contributed by atoms with van der Waals surface area (Å²) < 4.78 is 0. The minimum absolute atomic E-state index is 0.311. The molecule has 1 aliphatic heterocycles. The number of Topliss-reactive ketones (excluding diaryl/α,β-unsaturated/α-hetero) is 1. The van der Waals surface area contributed by atoms with Gasteiger partial charge in [-0.25, -0.2) is 0 Å². The van der Waals surface area contributed by atoms with Crippen LogP contribution in [0.3, 0.4) is 0 Å². The Morgan fingerprint density at radius 1 is 1.10 bits per heavy atom. The van der Waals surface area contributed by atoms with Crippen LogP contribution in [0.4, 0.5) is 0 Å². The van der Waals surface area contributed by atoms with Crippen LogP contribution >= 0.6 is 0 Å². The summed E-state index contributed by atoms with van der Waals surface area (Å²) in [6, 6.07) is 7.05. The standard InChI is InChI=1S/C19H27NO/c1-14-7-5-8-15(2)17(14)13-20-12-6-10-18(20)16-9-3-4-11-19(16)21/h5,7-8,16,18H,3-4,6,9-13H2,1-2H3. The molecule has 0 amide bonds. The van der Waals surface area contributed by atoms with Crippen LogP contribution in [0.15, 0.2) is 18.2 Å². The summed E-state index contributed by atoms with van der Waals surface area (Å²) in [5, 5.41) is 0. The number of carbonyl (C=O) groups is 1. The molecule has 0 N–H and O–H groups in total. The van der Waals surface area contributed by atoms with Gasteiger partial charge in [0.2, 0.25) is 0 Å². The predicted molar refractivity (Wildman–Crippen MR) is 86.3 cm³/mol. The Morgan fingerprint density at radius 3 is 2.57 bits per heavy atom. The van der Waals surface area contributed by atoms with Gasteiger partial charge in [0.15, 0.2) is 0 Å². The number of benzene rings is 1. The van der Waals surface area contributed by atoms with Gasteiger partial charge in [-0.05, 0) is 62.8 Å². The lowest BCUT2D eigenvalue weighted by Crippen LogP contribution is -2.40. The number of aryl methyl sites for hydroxylation is 2. The first kappa shape index (κ1) is 14.8. The van der Waals surface area contributed by atoms with Crippen molar-refractivity contribution in [2.75, 3.05) is 6.54 Å². The van der Waals surface area contributed by atoms with Crippen LogP contribution in [-0.4, -0.2) is 23.3 Å². The maximum absolute atomic E-state index is 12.3. The van der Waals surface area contributed by atoms with Crippen molar-refractivity contribution in [3.8, 4) is 0 Å². The molecule has 2 nitrogen and oxygen atoms in total. The van der Waals surface area contributed by atoms with Crippen molar-refractivity contribution in [1.82, 2.24) is 4.90 Å². The van der Waals surface area contributed by atoms with E-state index in [4.69, 9.17) is 0 Å². The van der Waals surface area contributed by atoms with E-state index in [1.807, 2.05) is 0 Å². The van der Waals surface area contributed by atoms with Crippen LogP contribution in [0.25, 0.3) is 0 Å². The van der Waals surface area contributed by atoms with Crippen LogP contribution in [0.1, 0.15) is 55.2 Å². The second kappa shape index (κ2) is 6.31. The van der Waals surface area contributed by atoms with Crippen molar-refractivity contribution >= 4 is 5.78 Å². The fourth-order valence-corrected chi connectivity index (χ4v) is 4.22. The first-order chi connectivity index (χ1) is 10.2. The molecule has 2 heteroatoms. The third kappa shape index (κ3) is 3.06. The van der Waals surface area contributed by atoms with E-state index in [-0.39, 0.29) is 0 Å². The molecule has 1 aliphatic carbocycles. The topological polar surface area (TPSA) is 20.3 Å². The van der Waals surface area contributed by atoms with Crippen molar-refractivity contribution < 1.29 is 4.79 Å². The van der Waals surface area contributed by atoms with Gasteiger partial charge < -0.3 is 0 Å². The first-order valence-electron chi connectivity index (χ1n) is 8.48. The van der Waals surface area contributed by atoms with Gasteiger partial charge in [0.05, 0.1) is 0 Å². The van der Waals surface area contributed by atoms with E-state index in [1.165, 1.54) is 36.0 Å². The molecule has 1 aromatic carbocycles. The predicted octanol–water partition coefficient (Wildman–Crippen LogP) is 4.03. The smallest absolute Gasteiger partial charge is 0.137 e. The Morgan fingerprint density at radius 2 is 1.86 bits per heavy atom. The Bertz CT molecular complexity index is 502. The third-order valence-electron chi connectivity index (χ3n) is 5.49. The number of rotatable bonds is 3. The molecular formula is C19H27NO. The molecule has 114 valence electrons. The SMILES string of the molecule is Cc1cccc(C)c1CN1CCCC1C1CCCCC1=O. The zero-order valence-electron chi connectivity index (χ0n) is 13.4. The largest absolute Gasteiger partial charge is 0.299 e. The molecule has 2 atom stereocenters. The second-order valence-electron chi connectivity index (χ2n) is 6.87. The Kier molecular flexibility index (Phi) is 4.44.